The fraction of sp³-hybridized carbons (Fsp3) is 0.417. The highest BCUT2D eigenvalue weighted by atomic mass is 79.9. The van der Waals surface area contributed by atoms with Crippen LogP contribution < -0.4 is 5.32 Å². The first-order chi connectivity index (χ1) is 7.65. The zero-order valence-electron chi connectivity index (χ0n) is 9.22. The lowest BCUT2D eigenvalue weighted by atomic mass is 10.1. The number of nitrogens with one attached hydrogen (secondary N) is 1. The van der Waals surface area contributed by atoms with E-state index in [1.165, 1.54) is 0 Å². The Bertz CT molecular complexity index is 368. The Hall–Kier alpha value is -0.540. The molecule has 0 saturated carbocycles. The molecule has 0 aromatic heterocycles. The molecule has 0 fully saturated rings. The molecule has 0 aliphatic carbocycles. The van der Waals surface area contributed by atoms with E-state index >= 15 is 0 Å². The Morgan fingerprint density at radius 3 is 2.81 bits per heavy atom. The average Bonchev–Trinajstić information content (AvgIpc) is 2.28. The molecule has 4 heteroatoms. The van der Waals surface area contributed by atoms with Crippen LogP contribution >= 0.6 is 27.5 Å². The van der Waals surface area contributed by atoms with Gasteiger partial charge in [-0.2, -0.15) is 0 Å². The standard InChI is InChI=1S/C12H15BrClNO/c1-9-8-10(4-5-11(9)13)12(16)15-7-3-2-6-14/h4-5,8H,2-3,6-7H2,1H3,(H,15,16). The van der Waals surface area contributed by atoms with Crippen molar-refractivity contribution in [1.82, 2.24) is 5.32 Å². The number of amides is 1. The summed E-state index contributed by atoms with van der Waals surface area (Å²) >= 11 is 8.96. The first-order valence-corrected chi connectivity index (χ1v) is 6.58. The van der Waals surface area contributed by atoms with Crippen LogP contribution in [0.5, 0.6) is 0 Å². The maximum atomic E-state index is 11.7. The lowest BCUT2D eigenvalue weighted by molar-refractivity contribution is 0.0953. The van der Waals surface area contributed by atoms with E-state index in [4.69, 9.17) is 11.6 Å². The minimum atomic E-state index is -0.0230. The molecule has 1 rings (SSSR count). The normalized spacial score (nSPS) is 10.2. The number of carbonyl (C=O) groups excluding carboxylic acids is 1. The highest BCUT2D eigenvalue weighted by molar-refractivity contribution is 9.10. The molecule has 1 aromatic rings. The highest BCUT2D eigenvalue weighted by Gasteiger charge is 2.05. The quantitative estimate of drug-likeness (QED) is 0.654. The van der Waals surface area contributed by atoms with E-state index in [1.54, 1.807) is 0 Å². The predicted molar refractivity (Wildman–Crippen MR) is 71.2 cm³/mol. The third-order valence-electron chi connectivity index (χ3n) is 2.27. The van der Waals surface area contributed by atoms with Crippen LogP contribution in [0.25, 0.3) is 0 Å². The molecule has 2 nitrogen and oxygen atoms in total. The zero-order chi connectivity index (χ0) is 12.0. The lowest BCUT2D eigenvalue weighted by Crippen LogP contribution is -2.24. The molecule has 16 heavy (non-hydrogen) atoms. The largest absolute Gasteiger partial charge is 0.352 e. The smallest absolute Gasteiger partial charge is 0.251 e. The molecule has 0 heterocycles. The average molecular weight is 305 g/mol. The molecule has 88 valence electrons. The first kappa shape index (κ1) is 13.5. The van der Waals surface area contributed by atoms with Gasteiger partial charge in [0.15, 0.2) is 0 Å². The van der Waals surface area contributed by atoms with Gasteiger partial charge in [0.2, 0.25) is 0 Å². The third-order valence-corrected chi connectivity index (χ3v) is 3.42. The van der Waals surface area contributed by atoms with Gasteiger partial charge in [-0.1, -0.05) is 15.9 Å². The first-order valence-electron chi connectivity index (χ1n) is 5.25. The molecular weight excluding hydrogens is 289 g/mol. The number of rotatable bonds is 5. The third kappa shape index (κ3) is 4.14. The summed E-state index contributed by atoms with van der Waals surface area (Å²) in [6.07, 6.45) is 1.85. The van der Waals surface area contributed by atoms with Gasteiger partial charge in [-0.25, -0.2) is 0 Å². The van der Waals surface area contributed by atoms with Gasteiger partial charge in [0, 0.05) is 22.5 Å². The fourth-order valence-electron chi connectivity index (χ4n) is 1.31. The van der Waals surface area contributed by atoms with Crippen molar-refractivity contribution >= 4 is 33.4 Å². The monoisotopic (exact) mass is 303 g/mol. The van der Waals surface area contributed by atoms with Gasteiger partial charge in [0.1, 0.15) is 0 Å². The minimum absolute atomic E-state index is 0.0230. The Balaban J connectivity index is 2.50. The molecule has 0 spiro atoms. The van der Waals surface area contributed by atoms with Gasteiger partial charge in [0.05, 0.1) is 0 Å². The number of halogens is 2. The van der Waals surface area contributed by atoms with Crippen LogP contribution in [-0.2, 0) is 0 Å². The summed E-state index contributed by atoms with van der Waals surface area (Å²) in [6.45, 7) is 2.65. The van der Waals surface area contributed by atoms with Gasteiger partial charge in [0.25, 0.3) is 5.91 Å². The van der Waals surface area contributed by atoms with Gasteiger partial charge in [-0.15, -0.1) is 11.6 Å². The molecule has 0 saturated heterocycles. The van der Waals surface area contributed by atoms with Crippen LogP contribution in [0, 0.1) is 6.92 Å². The molecule has 1 N–H and O–H groups in total. The summed E-state index contributed by atoms with van der Waals surface area (Å²) in [6, 6.07) is 5.58. The Morgan fingerprint density at radius 2 is 2.19 bits per heavy atom. The van der Waals surface area contributed by atoms with Crippen molar-refractivity contribution in [3.8, 4) is 0 Å². The molecule has 0 atom stereocenters. The molecule has 0 bridgehead atoms. The minimum Gasteiger partial charge on any atom is -0.352 e. The summed E-state index contributed by atoms with van der Waals surface area (Å²) in [7, 11) is 0. The maximum Gasteiger partial charge on any atom is 0.251 e. The number of benzene rings is 1. The van der Waals surface area contributed by atoms with Gasteiger partial charge in [-0.05, 0) is 43.5 Å². The summed E-state index contributed by atoms with van der Waals surface area (Å²) in [4.78, 5) is 11.7. The Labute approximate surface area is 110 Å². The number of hydrogen-bond acceptors (Lipinski definition) is 1. The molecule has 1 amide bonds. The van der Waals surface area contributed by atoms with E-state index < -0.39 is 0 Å². The van der Waals surface area contributed by atoms with Crippen molar-refractivity contribution in [1.29, 1.82) is 0 Å². The Kier molecular flexibility index (Phi) is 5.85. The molecule has 0 radical (unpaired) electrons. The van der Waals surface area contributed by atoms with E-state index in [0.29, 0.717) is 18.0 Å². The van der Waals surface area contributed by atoms with E-state index in [-0.39, 0.29) is 5.91 Å². The zero-order valence-corrected chi connectivity index (χ0v) is 11.6. The number of aryl methyl sites for hydroxylation is 1. The van der Waals surface area contributed by atoms with Crippen LogP contribution in [0.1, 0.15) is 28.8 Å². The fourth-order valence-corrected chi connectivity index (χ4v) is 1.75. The van der Waals surface area contributed by atoms with Crippen LogP contribution in [0.15, 0.2) is 22.7 Å². The number of unbranched alkanes of at least 4 members (excludes halogenated alkanes) is 1. The van der Waals surface area contributed by atoms with Crippen LogP contribution in [0.3, 0.4) is 0 Å². The van der Waals surface area contributed by atoms with Gasteiger partial charge < -0.3 is 5.32 Å². The Morgan fingerprint density at radius 1 is 1.44 bits per heavy atom. The SMILES string of the molecule is Cc1cc(C(=O)NCCCCCl)ccc1Br. The topological polar surface area (TPSA) is 29.1 Å². The second-order valence-corrected chi connectivity index (χ2v) is 4.85. The van der Waals surface area contributed by atoms with E-state index in [1.807, 2.05) is 25.1 Å². The van der Waals surface area contributed by atoms with Crippen LogP contribution in [0.2, 0.25) is 0 Å². The van der Waals surface area contributed by atoms with E-state index in [2.05, 4.69) is 21.2 Å². The van der Waals surface area contributed by atoms with E-state index in [0.717, 1.165) is 22.9 Å². The van der Waals surface area contributed by atoms with Crippen LogP contribution in [-0.4, -0.2) is 18.3 Å². The van der Waals surface area contributed by atoms with Gasteiger partial charge in [-0.3, -0.25) is 4.79 Å². The number of carbonyl (C=O) groups is 1. The predicted octanol–water partition coefficient (Wildman–Crippen LogP) is 3.51. The van der Waals surface area contributed by atoms with Crippen LogP contribution in [0.4, 0.5) is 0 Å². The summed E-state index contributed by atoms with van der Waals surface area (Å²) in [5, 5.41) is 2.87. The molecule has 0 aliphatic heterocycles. The summed E-state index contributed by atoms with van der Waals surface area (Å²) < 4.78 is 1.02. The highest BCUT2D eigenvalue weighted by Crippen LogP contribution is 2.16. The number of hydrogen-bond donors (Lipinski definition) is 1. The van der Waals surface area contributed by atoms with Crippen molar-refractivity contribution < 1.29 is 4.79 Å². The maximum absolute atomic E-state index is 11.7. The summed E-state index contributed by atoms with van der Waals surface area (Å²) in [5.74, 6) is 0.623. The molecule has 1 aromatic carbocycles. The molecular formula is C12H15BrClNO. The van der Waals surface area contributed by atoms with Gasteiger partial charge >= 0.3 is 0 Å². The van der Waals surface area contributed by atoms with Crippen molar-refractivity contribution in [2.24, 2.45) is 0 Å². The van der Waals surface area contributed by atoms with Crippen molar-refractivity contribution in [3.05, 3.63) is 33.8 Å². The number of alkyl halides is 1. The second-order valence-electron chi connectivity index (χ2n) is 3.62. The molecule has 0 aliphatic rings. The van der Waals surface area contributed by atoms with E-state index in [9.17, 15) is 4.79 Å². The summed E-state index contributed by atoms with van der Waals surface area (Å²) in [5.41, 5.74) is 1.76. The van der Waals surface area contributed by atoms with Crippen molar-refractivity contribution in [3.63, 3.8) is 0 Å². The van der Waals surface area contributed by atoms with Crippen molar-refractivity contribution in [2.75, 3.05) is 12.4 Å². The second kappa shape index (κ2) is 6.92. The molecule has 0 unspecified atom stereocenters. The lowest BCUT2D eigenvalue weighted by Gasteiger charge is -2.06. The van der Waals surface area contributed by atoms with Crippen molar-refractivity contribution in [2.45, 2.75) is 19.8 Å².